The lowest BCUT2D eigenvalue weighted by Gasteiger charge is -2.17. The van der Waals surface area contributed by atoms with Crippen LogP contribution in [0.5, 0.6) is 0 Å². The Balaban J connectivity index is 1.79. The minimum absolute atomic E-state index is 0.109. The highest BCUT2D eigenvalue weighted by molar-refractivity contribution is 5.86. The van der Waals surface area contributed by atoms with Gasteiger partial charge >= 0.3 is 5.97 Å². The minimum Gasteiger partial charge on any atom is -0.480 e. The van der Waals surface area contributed by atoms with E-state index in [9.17, 15) is 4.79 Å². The van der Waals surface area contributed by atoms with Gasteiger partial charge in [-0.05, 0) is 6.42 Å². The Bertz CT molecular complexity index is 396. The molecule has 0 radical (unpaired) electrons. The molecule has 0 unspecified atom stereocenters. The quantitative estimate of drug-likeness (QED) is 0.262. The predicted molar refractivity (Wildman–Crippen MR) is 116 cm³/mol. The molecule has 0 fully saturated rings. The molecule has 4 nitrogen and oxygen atoms in total. The fourth-order valence-corrected chi connectivity index (χ4v) is 3.93. The molecule has 1 heterocycles. The number of hydrogen-bond acceptors (Lipinski definition) is 3. The summed E-state index contributed by atoms with van der Waals surface area (Å²) in [6, 6.07) is 0. The molecule has 0 amide bonds. The third kappa shape index (κ3) is 13.7. The highest BCUT2D eigenvalue weighted by Crippen LogP contribution is 2.15. The van der Waals surface area contributed by atoms with Gasteiger partial charge in [0.05, 0.1) is 12.4 Å². The van der Waals surface area contributed by atoms with Gasteiger partial charge in [0.1, 0.15) is 6.54 Å². The van der Waals surface area contributed by atoms with Crippen molar-refractivity contribution >= 4 is 11.8 Å². The second-order valence-corrected chi connectivity index (χ2v) is 8.17. The van der Waals surface area contributed by atoms with Gasteiger partial charge in [0.25, 0.3) is 0 Å². The van der Waals surface area contributed by atoms with Crippen LogP contribution in [0.15, 0.2) is 4.99 Å². The summed E-state index contributed by atoms with van der Waals surface area (Å²) < 4.78 is 0. The van der Waals surface area contributed by atoms with Crippen LogP contribution in [-0.4, -0.2) is 41.4 Å². The van der Waals surface area contributed by atoms with Gasteiger partial charge in [-0.1, -0.05) is 103 Å². The molecule has 0 atom stereocenters. The standard InChI is InChI=1S/C23H44N2O2/c1-2-3-4-5-6-7-8-9-10-11-12-13-14-15-16-17-18-22-24-19-20-25(22)21-23(26)27/h2-21H2,1H3,(H,26,27). The maximum absolute atomic E-state index is 10.8. The number of aliphatic imine (C=N–C) groups is 1. The van der Waals surface area contributed by atoms with Crippen molar-refractivity contribution in [1.82, 2.24) is 4.90 Å². The molecule has 0 saturated heterocycles. The van der Waals surface area contributed by atoms with E-state index in [-0.39, 0.29) is 6.54 Å². The van der Waals surface area contributed by atoms with Crippen molar-refractivity contribution in [2.75, 3.05) is 19.6 Å². The van der Waals surface area contributed by atoms with Gasteiger partial charge in [-0.25, -0.2) is 0 Å². The summed E-state index contributed by atoms with van der Waals surface area (Å²) in [5, 5.41) is 8.91. The zero-order valence-corrected chi connectivity index (χ0v) is 17.9. The lowest BCUT2D eigenvalue weighted by Crippen LogP contribution is -2.32. The van der Waals surface area contributed by atoms with Gasteiger partial charge in [-0.2, -0.15) is 0 Å². The molecule has 0 saturated carbocycles. The molecule has 1 aliphatic rings. The molecule has 1 N–H and O–H groups in total. The lowest BCUT2D eigenvalue weighted by atomic mass is 10.0. The summed E-state index contributed by atoms with van der Waals surface area (Å²) in [5.74, 6) is 0.263. The topological polar surface area (TPSA) is 52.9 Å². The number of nitrogens with zero attached hydrogens (tertiary/aromatic N) is 2. The number of carboxylic acid groups (broad SMARTS) is 1. The molecule has 0 aromatic carbocycles. The van der Waals surface area contributed by atoms with Crippen molar-refractivity contribution < 1.29 is 9.90 Å². The molecule has 0 spiro atoms. The molecule has 1 aliphatic heterocycles. The van der Waals surface area contributed by atoms with E-state index in [4.69, 9.17) is 5.11 Å². The summed E-state index contributed by atoms with van der Waals surface area (Å²) in [4.78, 5) is 17.2. The number of carbonyl (C=O) groups is 1. The van der Waals surface area contributed by atoms with Crippen molar-refractivity contribution in [1.29, 1.82) is 0 Å². The fourth-order valence-electron chi connectivity index (χ4n) is 3.93. The molecule has 0 aromatic heterocycles. The monoisotopic (exact) mass is 380 g/mol. The van der Waals surface area contributed by atoms with Crippen LogP contribution in [0.3, 0.4) is 0 Å². The molecule has 4 heteroatoms. The van der Waals surface area contributed by atoms with E-state index in [1.807, 2.05) is 4.90 Å². The second kappa shape index (κ2) is 17.1. The van der Waals surface area contributed by atoms with E-state index in [1.165, 1.54) is 96.3 Å². The Hall–Kier alpha value is -1.06. The number of rotatable bonds is 19. The predicted octanol–water partition coefficient (Wildman–Crippen LogP) is 6.44. The van der Waals surface area contributed by atoms with Gasteiger partial charge in [0, 0.05) is 13.0 Å². The summed E-state index contributed by atoms with van der Waals surface area (Å²) in [6.45, 7) is 3.93. The summed E-state index contributed by atoms with van der Waals surface area (Å²) >= 11 is 0. The van der Waals surface area contributed by atoms with E-state index in [2.05, 4.69) is 11.9 Å². The van der Waals surface area contributed by atoms with Crippen LogP contribution in [0.2, 0.25) is 0 Å². The Morgan fingerprint density at radius 1 is 0.815 bits per heavy atom. The largest absolute Gasteiger partial charge is 0.480 e. The van der Waals surface area contributed by atoms with Crippen LogP contribution in [0.4, 0.5) is 0 Å². The number of unbranched alkanes of at least 4 members (excludes halogenated alkanes) is 15. The SMILES string of the molecule is CCCCCCCCCCCCCCCCCCC1=NCCN1CC(=O)O. The van der Waals surface area contributed by atoms with Crippen LogP contribution >= 0.6 is 0 Å². The van der Waals surface area contributed by atoms with Gasteiger partial charge in [-0.3, -0.25) is 9.79 Å². The first-order valence-corrected chi connectivity index (χ1v) is 11.7. The molecule has 27 heavy (non-hydrogen) atoms. The smallest absolute Gasteiger partial charge is 0.323 e. The molecular formula is C23H44N2O2. The van der Waals surface area contributed by atoms with Crippen molar-refractivity contribution in [3.63, 3.8) is 0 Å². The average molecular weight is 381 g/mol. The first-order valence-electron chi connectivity index (χ1n) is 11.7. The third-order valence-corrected chi connectivity index (χ3v) is 5.61. The Morgan fingerprint density at radius 2 is 1.26 bits per heavy atom. The fraction of sp³-hybridized carbons (Fsp3) is 0.913. The normalized spacial score (nSPS) is 14.0. The summed E-state index contributed by atoms with van der Waals surface area (Å²) in [5.41, 5.74) is 0. The zero-order valence-electron chi connectivity index (χ0n) is 17.9. The van der Waals surface area contributed by atoms with Gasteiger partial charge < -0.3 is 10.0 Å². The average Bonchev–Trinajstić information content (AvgIpc) is 3.07. The molecule has 158 valence electrons. The Kier molecular flexibility index (Phi) is 15.2. The van der Waals surface area contributed by atoms with Crippen molar-refractivity contribution in [2.45, 2.75) is 116 Å². The highest BCUT2D eigenvalue weighted by atomic mass is 16.4. The first-order chi connectivity index (χ1) is 13.2. The van der Waals surface area contributed by atoms with E-state index >= 15 is 0 Å². The van der Waals surface area contributed by atoms with Crippen LogP contribution in [0, 0.1) is 0 Å². The Morgan fingerprint density at radius 3 is 1.70 bits per heavy atom. The van der Waals surface area contributed by atoms with Gasteiger partial charge in [0.15, 0.2) is 0 Å². The Labute approximate surface area is 167 Å². The summed E-state index contributed by atoms with van der Waals surface area (Å²) in [6.07, 6.45) is 23.0. The highest BCUT2D eigenvalue weighted by Gasteiger charge is 2.18. The van der Waals surface area contributed by atoms with E-state index in [1.54, 1.807) is 0 Å². The number of carboxylic acids is 1. The van der Waals surface area contributed by atoms with Gasteiger partial charge in [0.2, 0.25) is 0 Å². The lowest BCUT2D eigenvalue weighted by molar-refractivity contribution is -0.137. The molecular weight excluding hydrogens is 336 g/mol. The molecule has 0 bridgehead atoms. The van der Waals surface area contributed by atoms with Crippen LogP contribution in [0.25, 0.3) is 0 Å². The van der Waals surface area contributed by atoms with Crippen LogP contribution < -0.4 is 0 Å². The van der Waals surface area contributed by atoms with Crippen molar-refractivity contribution in [3.05, 3.63) is 0 Å². The number of aliphatic carboxylic acids is 1. The number of amidine groups is 1. The molecule has 1 rings (SSSR count). The third-order valence-electron chi connectivity index (χ3n) is 5.61. The van der Waals surface area contributed by atoms with Crippen LogP contribution in [0.1, 0.15) is 116 Å². The molecule has 0 aliphatic carbocycles. The van der Waals surface area contributed by atoms with Gasteiger partial charge in [-0.15, -0.1) is 0 Å². The molecule has 0 aromatic rings. The first kappa shape index (κ1) is 24.0. The van der Waals surface area contributed by atoms with E-state index in [0.717, 1.165) is 31.8 Å². The van der Waals surface area contributed by atoms with Crippen molar-refractivity contribution in [2.24, 2.45) is 4.99 Å². The number of hydrogen-bond donors (Lipinski definition) is 1. The second-order valence-electron chi connectivity index (χ2n) is 8.17. The van der Waals surface area contributed by atoms with E-state index in [0.29, 0.717) is 0 Å². The van der Waals surface area contributed by atoms with E-state index < -0.39 is 5.97 Å². The minimum atomic E-state index is -0.753. The maximum Gasteiger partial charge on any atom is 0.323 e. The maximum atomic E-state index is 10.8. The summed E-state index contributed by atoms with van der Waals surface area (Å²) in [7, 11) is 0. The van der Waals surface area contributed by atoms with Crippen LogP contribution in [-0.2, 0) is 4.79 Å². The van der Waals surface area contributed by atoms with Crippen molar-refractivity contribution in [3.8, 4) is 0 Å². The zero-order chi connectivity index (χ0) is 19.6.